The molecule has 0 unspecified atom stereocenters. The van der Waals surface area contributed by atoms with E-state index < -0.39 is 0 Å². The fourth-order valence-corrected chi connectivity index (χ4v) is 2.31. The molecule has 1 heteroatoms. The lowest BCUT2D eigenvalue weighted by Gasteiger charge is -2.10. The number of allylic oxidation sites excluding steroid dienone is 1. The third-order valence-electron chi connectivity index (χ3n) is 3.42. The van der Waals surface area contributed by atoms with Crippen LogP contribution in [0.25, 0.3) is 16.7 Å². The molecule has 0 spiro atoms. The van der Waals surface area contributed by atoms with Gasteiger partial charge in [0.2, 0.25) is 0 Å². The predicted molar refractivity (Wildman–Crippen MR) is 88.7 cm³/mol. The fourth-order valence-electron chi connectivity index (χ4n) is 2.31. The molecule has 0 aliphatic carbocycles. The van der Waals surface area contributed by atoms with Crippen LogP contribution >= 0.6 is 0 Å². The average Bonchev–Trinajstić information content (AvgIpc) is 2.52. The molecule has 0 saturated heterocycles. The van der Waals surface area contributed by atoms with E-state index in [2.05, 4.69) is 79.8 Å². The van der Waals surface area contributed by atoms with Gasteiger partial charge in [-0.3, -0.25) is 0 Å². The van der Waals surface area contributed by atoms with Crippen LogP contribution in [0.4, 0.5) is 0 Å². The highest BCUT2D eigenvalue weighted by atomic mass is 14.8. The summed E-state index contributed by atoms with van der Waals surface area (Å²) in [7, 11) is 0. The third-order valence-corrected chi connectivity index (χ3v) is 3.42. The molecule has 1 nitrogen and oxygen atoms in total. The number of benzene rings is 2. The van der Waals surface area contributed by atoms with Gasteiger partial charge in [0, 0.05) is 6.54 Å². The van der Waals surface area contributed by atoms with Gasteiger partial charge < -0.3 is 5.32 Å². The molecular formula is C19H23N. The van der Waals surface area contributed by atoms with Gasteiger partial charge in [0.25, 0.3) is 0 Å². The van der Waals surface area contributed by atoms with E-state index in [-0.39, 0.29) is 0 Å². The number of rotatable bonds is 6. The van der Waals surface area contributed by atoms with E-state index in [1.165, 1.54) is 28.7 Å². The van der Waals surface area contributed by atoms with Crippen LogP contribution in [0.15, 0.2) is 60.7 Å². The Morgan fingerprint density at radius 1 is 1.00 bits per heavy atom. The van der Waals surface area contributed by atoms with E-state index in [1.807, 2.05) is 0 Å². The summed E-state index contributed by atoms with van der Waals surface area (Å²) in [5.74, 6) is 0. The molecule has 0 bridgehead atoms. The van der Waals surface area contributed by atoms with Crippen LogP contribution < -0.4 is 5.32 Å². The van der Waals surface area contributed by atoms with E-state index in [0.29, 0.717) is 0 Å². The minimum Gasteiger partial charge on any atom is -0.313 e. The van der Waals surface area contributed by atoms with Gasteiger partial charge in [0.15, 0.2) is 0 Å². The zero-order chi connectivity index (χ0) is 14.2. The van der Waals surface area contributed by atoms with Gasteiger partial charge in [-0.1, -0.05) is 67.6 Å². The van der Waals surface area contributed by atoms with Gasteiger partial charge in [0.1, 0.15) is 0 Å². The van der Waals surface area contributed by atoms with E-state index >= 15 is 0 Å². The predicted octanol–water partition coefficient (Wildman–Crippen LogP) is 4.76. The van der Waals surface area contributed by atoms with Crippen molar-refractivity contribution < 1.29 is 0 Å². The molecule has 0 aliphatic rings. The van der Waals surface area contributed by atoms with Crippen molar-refractivity contribution >= 4 is 5.57 Å². The summed E-state index contributed by atoms with van der Waals surface area (Å²) in [6.07, 6.45) is 3.45. The summed E-state index contributed by atoms with van der Waals surface area (Å²) in [5, 5.41) is 3.42. The highest BCUT2D eigenvalue weighted by Gasteiger charge is 2.05. The van der Waals surface area contributed by atoms with Crippen LogP contribution in [0.5, 0.6) is 0 Å². The van der Waals surface area contributed by atoms with E-state index in [4.69, 9.17) is 0 Å². The van der Waals surface area contributed by atoms with Gasteiger partial charge in [-0.25, -0.2) is 0 Å². The molecule has 0 atom stereocenters. The first-order valence-corrected chi connectivity index (χ1v) is 7.35. The largest absolute Gasteiger partial charge is 0.313 e. The summed E-state index contributed by atoms with van der Waals surface area (Å²) in [6, 6.07) is 19.2. The lowest BCUT2D eigenvalue weighted by molar-refractivity contribution is 0.729. The van der Waals surface area contributed by atoms with Crippen molar-refractivity contribution in [3.63, 3.8) is 0 Å². The summed E-state index contributed by atoms with van der Waals surface area (Å²) < 4.78 is 0. The van der Waals surface area contributed by atoms with Gasteiger partial charge in [-0.05, 0) is 42.2 Å². The molecule has 20 heavy (non-hydrogen) atoms. The SMILES string of the molecule is CCCNCC=C(C)c1ccccc1-c1ccccc1. The highest BCUT2D eigenvalue weighted by Crippen LogP contribution is 2.28. The molecular weight excluding hydrogens is 242 g/mol. The highest BCUT2D eigenvalue weighted by molar-refractivity contribution is 5.80. The molecule has 2 aromatic carbocycles. The molecule has 2 aromatic rings. The Hall–Kier alpha value is -1.86. The second-order valence-electron chi connectivity index (χ2n) is 5.00. The Morgan fingerprint density at radius 2 is 1.70 bits per heavy atom. The maximum atomic E-state index is 3.42. The molecule has 0 fully saturated rings. The van der Waals surface area contributed by atoms with Crippen molar-refractivity contribution in [1.82, 2.24) is 5.32 Å². The Morgan fingerprint density at radius 3 is 2.45 bits per heavy atom. The van der Waals surface area contributed by atoms with Gasteiger partial charge in [-0.2, -0.15) is 0 Å². The lowest BCUT2D eigenvalue weighted by Crippen LogP contribution is -2.14. The standard InChI is InChI=1S/C19H23N/c1-3-14-20-15-13-16(2)18-11-7-8-12-19(18)17-9-5-4-6-10-17/h4-13,20H,3,14-15H2,1-2H3. The van der Waals surface area contributed by atoms with Crippen molar-refractivity contribution in [2.45, 2.75) is 20.3 Å². The number of nitrogens with one attached hydrogen (secondary N) is 1. The maximum Gasteiger partial charge on any atom is 0.0140 e. The smallest absolute Gasteiger partial charge is 0.0140 e. The third kappa shape index (κ3) is 3.82. The summed E-state index contributed by atoms with van der Waals surface area (Å²) in [6.45, 7) is 6.39. The van der Waals surface area contributed by atoms with Crippen molar-refractivity contribution in [2.75, 3.05) is 13.1 Å². The molecule has 0 aromatic heterocycles. The van der Waals surface area contributed by atoms with Crippen molar-refractivity contribution in [2.24, 2.45) is 0 Å². The van der Waals surface area contributed by atoms with Crippen LogP contribution in [-0.2, 0) is 0 Å². The molecule has 0 amide bonds. The Bertz CT molecular complexity index is 555. The van der Waals surface area contributed by atoms with Crippen LogP contribution in [0, 0.1) is 0 Å². The van der Waals surface area contributed by atoms with Crippen LogP contribution in [0.2, 0.25) is 0 Å². The minimum absolute atomic E-state index is 0.933. The Kier molecular flexibility index (Phi) is 5.57. The summed E-state index contributed by atoms with van der Waals surface area (Å²) in [4.78, 5) is 0. The summed E-state index contributed by atoms with van der Waals surface area (Å²) >= 11 is 0. The summed E-state index contributed by atoms with van der Waals surface area (Å²) in [5.41, 5.74) is 5.22. The topological polar surface area (TPSA) is 12.0 Å². The van der Waals surface area contributed by atoms with E-state index in [1.54, 1.807) is 0 Å². The fraction of sp³-hybridized carbons (Fsp3) is 0.263. The number of hydrogen-bond acceptors (Lipinski definition) is 1. The first kappa shape index (κ1) is 14.5. The second-order valence-corrected chi connectivity index (χ2v) is 5.00. The molecule has 2 rings (SSSR count). The average molecular weight is 265 g/mol. The lowest BCUT2D eigenvalue weighted by atomic mass is 9.95. The minimum atomic E-state index is 0.933. The Labute approximate surface area is 122 Å². The zero-order valence-corrected chi connectivity index (χ0v) is 12.4. The van der Waals surface area contributed by atoms with Gasteiger partial charge in [0.05, 0.1) is 0 Å². The van der Waals surface area contributed by atoms with Gasteiger partial charge in [-0.15, -0.1) is 0 Å². The van der Waals surface area contributed by atoms with Crippen molar-refractivity contribution in [1.29, 1.82) is 0 Å². The van der Waals surface area contributed by atoms with Crippen LogP contribution in [0.3, 0.4) is 0 Å². The van der Waals surface area contributed by atoms with Crippen molar-refractivity contribution in [3.8, 4) is 11.1 Å². The van der Waals surface area contributed by atoms with Crippen molar-refractivity contribution in [3.05, 3.63) is 66.2 Å². The second kappa shape index (κ2) is 7.66. The molecule has 104 valence electrons. The molecule has 0 aliphatic heterocycles. The first-order chi connectivity index (χ1) is 9.83. The monoisotopic (exact) mass is 265 g/mol. The molecule has 0 heterocycles. The van der Waals surface area contributed by atoms with E-state index in [0.717, 1.165) is 13.1 Å². The molecule has 0 radical (unpaired) electrons. The normalized spacial score (nSPS) is 11.6. The van der Waals surface area contributed by atoms with Crippen LogP contribution in [0.1, 0.15) is 25.8 Å². The Balaban J connectivity index is 2.24. The molecule has 1 N–H and O–H groups in total. The maximum absolute atomic E-state index is 3.42. The van der Waals surface area contributed by atoms with Crippen LogP contribution in [-0.4, -0.2) is 13.1 Å². The quantitative estimate of drug-likeness (QED) is 0.743. The first-order valence-electron chi connectivity index (χ1n) is 7.35. The zero-order valence-electron chi connectivity index (χ0n) is 12.4. The number of hydrogen-bond donors (Lipinski definition) is 1. The molecule has 0 saturated carbocycles. The van der Waals surface area contributed by atoms with E-state index in [9.17, 15) is 0 Å². The van der Waals surface area contributed by atoms with Gasteiger partial charge >= 0.3 is 0 Å².